The minimum Gasteiger partial charge on any atom is -0.324 e. The van der Waals surface area contributed by atoms with Gasteiger partial charge in [0, 0.05) is 18.6 Å². The van der Waals surface area contributed by atoms with Crippen LogP contribution in [0.5, 0.6) is 0 Å². The van der Waals surface area contributed by atoms with Gasteiger partial charge in [0.2, 0.25) is 15.9 Å². The highest BCUT2D eigenvalue weighted by Gasteiger charge is 2.26. The van der Waals surface area contributed by atoms with Crippen LogP contribution in [0, 0.1) is 0 Å². The molecule has 0 aliphatic carbocycles. The summed E-state index contributed by atoms with van der Waals surface area (Å²) < 4.78 is 27.0. The molecular weight excluding hydrogens is 362 g/mol. The van der Waals surface area contributed by atoms with Crippen molar-refractivity contribution in [3.63, 3.8) is 0 Å². The van der Waals surface area contributed by atoms with Crippen LogP contribution in [-0.2, 0) is 14.8 Å². The Morgan fingerprint density at radius 1 is 1.20 bits per heavy atom. The van der Waals surface area contributed by atoms with Crippen LogP contribution in [-0.4, -0.2) is 43.8 Å². The molecule has 2 N–H and O–H groups in total. The van der Waals surface area contributed by atoms with Gasteiger partial charge in [-0.05, 0) is 51.8 Å². The van der Waals surface area contributed by atoms with Gasteiger partial charge in [-0.3, -0.25) is 4.79 Å². The predicted octanol–water partition coefficient (Wildman–Crippen LogP) is 2.84. The summed E-state index contributed by atoms with van der Waals surface area (Å²) in [6, 6.07) is 4.42. The molecule has 0 aromatic heterocycles. The lowest BCUT2D eigenvalue weighted by molar-refractivity contribution is -0.115. The van der Waals surface area contributed by atoms with Crippen LogP contribution in [0.15, 0.2) is 23.1 Å². The SMILES string of the molecule is CC(C)(C)NCC(=O)Nc1cc(S(=O)(=O)N2CCCCC2)ccc1Cl. The summed E-state index contributed by atoms with van der Waals surface area (Å²) >= 11 is 6.12. The largest absolute Gasteiger partial charge is 0.324 e. The van der Waals surface area contributed by atoms with Gasteiger partial charge in [-0.2, -0.15) is 4.31 Å². The lowest BCUT2D eigenvalue weighted by Crippen LogP contribution is -2.41. The van der Waals surface area contributed by atoms with Crippen LogP contribution >= 0.6 is 11.6 Å². The molecule has 2 rings (SSSR count). The molecule has 1 heterocycles. The minimum atomic E-state index is -3.56. The molecule has 0 saturated carbocycles. The van der Waals surface area contributed by atoms with Crippen LogP contribution < -0.4 is 10.6 Å². The van der Waals surface area contributed by atoms with Gasteiger partial charge in [-0.1, -0.05) is 18.0 Å². The molecule has 1 aromatic rings. The van der Waals surface area contributed by atoms with E-state index in [1.54, 1.807) is 0 Å². The number of nitrogens with zero attached hydrogens (tertiary/aromatic N) is 1. The number of halogens is 1. The zero-order valence-electron chi connectivity index (χ0n) is 14.9. The van der Waals surface area contributed by atoms with Gasteiger partial charge in [0.05, 0.1) is 22.2 Å². The Balaban J connectivity index is 2.15. The van der Waals surface area contributed by atoms with Crippen molar-refractivity contribution in [2.24, 2.45) is 0 Å². The molecule has 8 heteroatoms. The molecule has 1 aliphatic heterocycles. The minimum absolute atomic E-state index is 0.114. The molecule has 140 valence electrons. The molecule has 1 amide bonds. The van der Waals surface area contributed by atoms with E-state index >= 15 is 0 Å². The quantitative estimate of drug-likeness (QED) is 0.814. The average molecular weight is 388 g/mol. The number of hydrogen-bond donors (Lipinski definition) is 2. The van der Waals surface area contributed by atoms with Gasteiger partial charge >= 0.3 is 0 Å². The number of anilines is 1. The highest BCUT2D eigenvalue weighted by atomic mass is 35.5. The van der Waals surface area contributed by atoms with Gasteiger partial charge in [0.15, 0.2) is 0 Å². The van der Waals surface area contributed by atoms with Crippen LogP contribution in [0.2, 0.25) is 5.02 Å². The molecule has 0 atom stereocenters. The fourth-order valence-electron chi connectivity index (χ4n) is 2.55. The first kappa shape index (κ1) is 20.2. The number of carbonyl (C=O) groups is 1. The number of piperidine rings is 1. The third-order valence-electron chi connectivity index (χ3n) is 3.94. The van der Waals surface area contributed by atoms with Crippen molar-refractivity contribution < 1.29 is 13.2 Å². The van der Waals surface area contributed by atoms with Crippen molar-refractivity contribution in [3.05, 3.63) is 23.2 Å². The third-order valence-corrected chi connectivity index (χ3v) is 6.17. The molecule has 0 radical (unpaired) electrons. The number of carbonyl (C=O) groups excluding carboxylic acids is 1. The predicted molar refractivity (Wildman–Crippen MR) is 100 cm³/mol. The molecular formula is C17H26ClN3O3S. The number of amides is 1. The molecule has 0 spiro atoms. The lowest BCUT2D eigenvalue weighted by atomic mass is 10.1. The summed E-state index contributed by atoms with van der Waals surface area (Å²) in [6.07, 6.45) is 2.79. The van der Waals surface area contributed by atoms with Crippen molar-refractivity contribution in [1.82, 2.24) is 9.62 Å². The van der Waals surface area contributed by atoms with E-state index in [2.05, 4.69) is 10.6 Å². The first-order valence-corrected chi connectivity index (χ1v) is 10.3. The summed E-state index contributed by atoms with van der Waals surface area (Å²) in [5, 5.41) is 6.07. The highest BCUT2D eigenvalue weighted by Crippen LogP contribution is 2.28. The normalized spacial score (nSPS) is 16.6. The smallest absolute Gasteiger partial charge is 0.243 e. The molecule has 1 aliphatic rings. The van der Waals surface area contributed by atoms with Crippen molar-refractivity contribution in [1.29, 1.82) is 0 Å². The molecule has 1 fully saturated rings. The summed E-state index contributed by atoms with van der Waals surface area (Å²) in [4.78, 5) is 12.2. The molecule has 25 heavy (non-hydrogen) atoms. The molecule has 1 aromatic carbocycles. The van der Waals surface area contributed by atoms with E-state index in [-0.39, 0.29) is 22.9 Å². The monoisotopic (exact) mass is 387 g/mol. The number of hydrogen-bond acceptors (Lipinski definition) is 4. The van der Waals surface area contributed by atoms with Crippen molar-refractivity contribution >= 4 is 33.2 Å². The first-order chi connectivity index (χ1) is 11.6. The van der Waals surface area contributed by atoms with Crippen molar-refractivity contribution in [2.75, 3.05) is 25.0 Å². The summed E-state index contributed by atoms with van der Waals surface area (Å²) in [5.74, 6) is -0.274. The van der Waals surface area contributed by atoms with Gasteiger partial charge < -0.3 is 10.6 Å². The van der Waals surface area contributed by atoms with Gasteiger partial charge in [0.25, 0.3) is 0 Å². The van der Waals surface area contributed by atoms with Crippen molar-refractivity contribution in [3.8, 4) is 0 Å². The maximum absolute atomic E-state index is 12.8. The molecule has 0 bridgehead atoms. The van der Waals surface area contributed by atoms with E-state index in [0.717, 1.165) is 19.3 Å². The Bertz CT molecular complexity index is 723. The fraction of sp³-hybridized carbons (Fsp3) is 0.588. The van der Waals surface area contributed by atoms with Gasteiger partial charge in [-0.15, -0.1) is 0 Å². The Morgan fingerprint density at radius 2 is 1.84 bits per heavy atom. The van der Waals surface area contributed by atoms with Crippen molar-refractivity contribution in [2.45, 2.75) is 50.5 Å². The van der Waals surface area contributed by atoms with Crippen LogP contribution in [0.3, 0.4) is 0 Å². The van der Waals surface area contributed by atoms with E-state index < -0.39 is 10.0 Å². The van der Waals surface area contributed by atoms with E-state index in [9.17, 15) is 13.2 Å². The molecule has 1 saturated heterocycles. The second-order valence-corrected chi connectivity index (χ2v) is 9.60. The highest BCUT2D eigenvalue weighted by molar-refractivity contribution is 7.89. The number of rotatable bonds is 5. The van der Waals surface area contributed by atoms with E-state index in [1.807, 2.05) is 20.8 Å². The van der Waals surface area contributed by atoms with E-state index in [0.29, 0.717) is 23.8 Å². The van der Waals surface area contributed by atoms with Crippen LogP contribution in [0.4, 0.5) is 5.69 Å². The third kappa shape index (κ3) is 5.67. The summed E-state index contributed by atoms with van der Waals surface area (Å²) in [5.41, 5.74) is 0.112. The van der Waals surface area contributed by atoms with Crippen LogP contribution in [0.25, 0.3) is 0 Å². The number of nitrogens with one attached hydrogen (secondary N) is 2. The Hall–Kier alpha value is -1.15. The van der Waals surface area contributed by atoms with Gasteiger partial charge in [0.1, 0.15) is 0 Å². The second-order valence-electron chi connectivity index (χ2n) is 7.26. The molecule has 6 nitrogen and oxygen atoms in total. The topological polar surface area (TPSA) is 78.5 Å². The zero-order valence-corrected chi connectivity index (χ0v) is 16.5. The summed E-state index contributed by atoms with van der Waals surface area (Å²) in [6.45, 7) is 7.05. The standard InChI is InChI=1S/C17H26ClN3O3S/c1-17(2,3)19-12-16(22)20-15-11-13(7-8-14(15)18)25(23,24)21-9-5-4-6-10-21/h7-8,11,19H,4-6,9-10,12H2,1-3H3,(H,20,22). The molecule has 0 unspecified atom stereocenters. The first-order valence-electron chi connectivity index (χ1n) is 8.44. The van der Waals surface area contributed by atoms with E-state index in [4.69, 9.17) is 11.6 Å². The maximum Gasteiger partial charge on any atom is 0.243 e. The number of sulfonamides is 1. The zero-order chi connectivity index (χ0) is 18.7. The second kappa shape index (κ2) is 8.03. The van der Waals surface area contributed by atoms with Gasteiger partial charge in [-0.25, -0.2) is 8.42 Å². The average Bonchev–Trinajstić information content (AvgIpc) is 2.55. The lowest BCUT2D eigenvalue weighted by Gasteiger charge is -2.26. The number of benzene rings is 1. The Kier molecular flexibility index (Phi) is 6.48. The Labute approximate surface area is 155 Å². The van der Waals surface area contributed by atoms with Crippen LogP contribution in [0.1, 0.15) is 40.0 Å². The summed E-state index contributed by atoms with van der Waals surface area (Å²) in [7, 11) is -3.56. The fourth-order valence-corrected chi connectivity index (χ4v) is 4.26. The maximum atomic E-state index is 12.8. The van der Waals surface area contributed by atoms with E-state index in [1.165, 1.54) is 22.5 Å². The Morgan fingerprint density at radius 3 is 2.44 bits per heavy atom.